The zero-order valence-corrected chi connectivity index (χ0v) is 9.63. The number of hydrogen-bond donors (Lipinski definition) is 2. The predicted octanol–water partition coefficient (Wildman–Crippen LogP) is 2.06. The summed E-state index contributed by atoms with van der Waals surface area (Å²) in [6.07, 6.45) is 3.71. The van der Waals surface area contributed by atoms with Gasteiger partial charge < -0.3 is 10.7 Å². The van der Waals surface area contributed by atoms with Gasteiger partial charge in [0.25, 0.3) is 0 Å². The topological polar surface area (TPSA) is 46.1 Å². The third-order valence-corrected chi connectivity index (χ3v) is 2.38. The Morgan fingerprint density at radius 2 is 1.76 bits per heavy atom. The molecule has 1 atom stereocenters. The summed E-state index contributed by atoms with van der Waals surface area (Å²) >= 11 is 0. The van der Waals surface area contributed by atoms with Crippen LogP contribution in [0.15, 0.2) is 54.9 Å². The maximum Gasteiger partial charge on any atom is 0.248 e. The van der Waals surface area contributed by atoms with Crippen LogP contribution in [0.4, 0.5) is 5.69 Å². The largest absolute Gasteiger partial charge is 0.324 e. The van der Waals surface area contributed by atoms with Gasteiger partial charge in [-0.05, 0) is 31.2 Å². The van der Waals surface area contributed by atoms with Crippen LogP contribution in [0.2, 0.25) is 0 Å². The van der Waals surface area contributed by atoms with Gasteiger partial charge in [0.05, 0.1) is 0 Å². The van der Waals surface area contributed by atoms with Crippen LogP contribution in [0.3, 0.4) is 0 Å². The number of carbonyl (C=O) groups excluding carboxylic acids is 1. The van der Waals surface area contributed by atoms with Gasteiger partial charge in [0.2, 0.25) is 5.91 Å². The molecule has 2 N–H and O–H groups in total. The first-order valence-corrected chi connectivity index (χ1v) is 5.51. The average molecular weight is 229 g/mol. The first-order valence-electron chi connectivity index (χ1n) is 5.51. The van der Waals surface area contributed by atoms with Gasteiger partial charge in [-0.15, -0.1) is 0 Å². The second-order valence-corrected chi connectivity index (χ2v) is 3.80. The van der Waals surface area contributed by atoms with E-state index >= 15 is 0 Å². The Morgan fingerprint density at radius 1 is 1.12 bits per heavy atom. The normalized spacial score (nSPS) is 11.8. The molecule has 0 aliphatic rings. The van der Waals surface area contributed by atoms with Crippen LogP contribution in [0, 0.1) is 0 Å². The van der Waals surface area contributed by atoms with Gasteiger partial charge in [-0.1, -0.05) is 18.2 Å². The molecule has 1 aromatic carbocycles. The minimum atomic E-state index is -0.303. The van der Waals surface area contributed by atoms with Crippen molar-refractivity contribution in [2.75, 3.05) is 10.7 Å². The standard InChI is InChI=1S/C13H15N3O/c1-11(15-16-9-5-6-10-16)13(17)14-12-7-3-2-4-8-12/h2-11,15H,1H3,(H,14,17). The van der Waals surface area contributed by atoms with E-state index in [2.05, 4.69) is 10.7 Å². The Balaban J connectivity index is 1.92. The molecule has 1 heterocycles. The third kappa shape index (κ3) is 3.11. The van der Waals surface area contributed by atoms with Crippen LogP contribution in [0.5, 0.6) is 0 Å². The lowest BCUT2D eigenvalue weighted by molar-refractivity contribution is -0.116. The van der Waals surface area contributed by atoms with E-state index in [9.17, 15) is 4.79 Å². The highest BCUT2D eigenvalue weighted by molar-refractivity contribution is 5.95. The van der Waals surface area contributed by atoms with E-state index in [-0.39, 0.29) is 11.9 Å². The molecule has 4 heteroatoms. The number of benzene rings is 1. The second kappa shape index (κ2) is 5.21. The average Bonchev–Trinajstić information content (AvgIpc) is 2.83. The van der Waals surface area contributed by atoms with Gasteiger partial charge in [-0.3, -0.25) is 9.47 Å². The number of nitrogens with zero attached hydrogens (tertiary/aromatic N) is 1. The lowest BCUT2D eigenvalue weighted by Gasteiger charge is -2.15. The van der Waals surface area contributed by atoms with Gasteiger partial charge >= 0.3 is 0 Å². The van der Waals surface area contributed by atoms with Crippen LogP contribution >= 0.6 is 0 Å². The molecular weight excluding hydrogens is 214 g/mol. The van der Waals surface area contributed by atoms with E-state index in [0.717, 1.165) is 5.69 Å². The quantitative estimate of drug-likeness (QED) is 0.843. The zero-order chi connectivity index (χ0) is 12.1. The fourth-order valence-electron chi connectivity index (χ4n) is 1.47. The lowest BCUT2D eigenvalue weighted by Crippen LogP contribution is -2.36. The monoisotopic (exact) mass is 229 g/mol. The van der Waals surface area contributed by atoms with E-state index in [1.165, 1.54) is 0 Å². The van der Waals surface area contributed by atoms with Crippen LogP contribution < -0.4 is 10.7 Å². The second-order valence-electron chi connectivity index (χ2n) is 3.80. The number of amides is 1. The highest BCUT2D eigenvalue weighted by Gasteiger charge is 2.11. The van der Waals surface area contributed by atoms with Gasteiger partial charge in [-0.25, -0.2) is 0 Å². The molecule has 0 bridgehead atoms. The fraction of sp³-hybridized carbons (Fsp3) is 0.154. The summed E-state index contributed by atoms with van der Waals surface area (Å²) in [6.45, 7) is 1.82. The lowest BCUT2D eigenvalue weighted by atomic mass is 10.3. The highest BCUT2D eigenvalue weighted by atomic mass is 16.2. The van der Waals surface area contributed by atoms with Crippen LogP contribution in [0.1, 0.15) is 6.92 Å². The van der Waals surface area contributed by atoms with Crippen molar-refractivity contribution < 1.29 is 4.79 Å². The van der Waals surface area contributed by atoms with Crippen molar-refractivity contribution in [1.82, 2.24) is 4.68 Å². The third-order valence-electron chi connectivity index (χ3n) is 2.38. The Bertz CT molecular complexity index is 465. The highest BCUT2D eigenvalue weighted by Crippen LogP contribution is 2.05. The van der Waals surface area contributed by atoms with E-state index in [1.54, 1.807) is 4.68 Å². The van der Waals surface area contributed by atoms with Gasteiger partial charge in [0, 0.05) is 18.1 Å². The van der Waals surface area contributed by atoms with Crippen molar-refractivity contribution >= 4 is 11.6 Å². The van der Waals surface area contributed by atoms with E-state index < -0.39 is 0 Å². The molecular formula is C13H15N3O. The van der Waals surface area contributed by atoms with Crippen LogP contribution in [-0.4, -0.2) is 16.6 Å². The smallest absolute Gasteiger partial charge is 0.248 e. The Hall–Kier alpha value is -2.23. The summed E-state index contributed by atoms with van der Waals surface area (Å²) in [6, 6.07) is 12.9. The first-order chi connectivity index (χ1) is 8.25. The number of carbonyl (C=O) groups is 1. The van der Waals surface area contributed by atoms with Gasteiger partial charge in [-0.2, -0.15) is 0 Å². The molecule has 2 rings (SSSR count). The zero-order valence-electron chi connectivity index (χ0n) is 9.63. The molecule has 4 nitrogen and oxygen atoms in total. The number of hydrogen-bond acceptors (Lipinski definition) is 2. The van der Waals surface area contributed by atoms with Crippen LogP contribution in [-0.2, 0) is 4.79 Å². The Morgan fingerprint density at radius 3 is 2.41 bits per heavy atom. The number of rotatable bonds is 4. The van der Waals surface area contributed by atoms with Crippen molar-refractivity contribution in [2.24, 2.45) is 0 Å². The van der Waals surface area contributed by atoms with Crippen molar-refractivity contribution in [3.63, 3.8) is 0 Å². The maximum atomic E-state index is 11.9. The number of para-hydroxylation sites is 1. The fourth-order valence-corrected chi connectivity index (χ4v) is 1.47. The molecule has 2 aromatic rings. The molecule has 0 spiro atoms. The SMILES string of the molecule is CC(Nn1cccc1)C(=O)Nc1ccccc1. The summed E-state index contributed by atoms with van der Waals surface area (Å²) < 4.78 is 1.76. The molecule has 1 amide bonds. The van der Waals surface area contributed by atoms with Crippen molar-refractivity contribution in [3.8, 4) is 0 Å². The number of aromatic nitrogens is 1. The molecule has 0 radical (unpaired) electrons. The van der Waals surface area contributed by atoms with Gasteiger partial charge in [0.15, 0.2) is 0 Å². The summed E-state index contributed by atoms with van der Waals surface area (Å²) in [4.78, 5) is 11.9. The molecule has 0 fully saturated rings. The Kier molecular flexibility index (Phi) is 3.45. The molecule has 0 saturated heterocycles. The molecule has 0 saturated carbocycles. The molecule has 88 valence electrons. The Labute approximate surface area is 100 Å². The summed E-state index contributed by atoms with van der Waals surface area (Å²) in [5, 5.41) is 2.84. The van der Waals surface area contributed by atoms with Crippen molar-refractivity contribution in [1.29, 1.82) is 0 Å². The summed E-state index contributed by atoms with van der Waals surface area (Å²) in [5.74, 6) is -0.0649. The van der Waals surface area contributed by atoms with Crippen molar-refractivity contribution in [2.45, 2.75) is 13.0 Å². The molecule has 0 aliphatic heterocycles. The summed E-state index contributed by atoms with van der Waals surface area (Å²) in [5.41, 5.74) is 3.85. The molecule has 1 aromatic heterocycles. The first kappa shape index (κ1) is 11.3. The minimum Gasteiger partial charge on any atom is -0.324 e. The molecule has 17 heavy (non-hydrogen) atoms. The summed E-state index contributed by atoms with van der Waals surface area (Å²) in [7, 11) is 0. The van der Waals surface area contributed by atoms with E-state index in [1.807, 2.05) is 61.8 Å². The molecule has 0 aliphatic carbocycles. The molecule has 1 unspecified atom stereocenters. The number of anilines is 1. The van der Waals surface area contributed by atoms with Crippen LogP contribution in [0.25, 0.3) is 0 Å². The predicted molar refractivity (Wildman–Crippen MR) is 68.3 cm³/mol. The van der Waals surface area contributed by atoms with E-state index in [4.69, 9.17) is 0 Å². The van der Waals surface area contributed by atoms with E-state index in [0.29, 0.717) is 0 Å². The van der Waals surface area contributed by atoms with Crippen molar-refractivity contribution in [3.05, 3.63) is 54.9 Å². The number of nitrogens with one attached hydrogen (secondary N) is 2. The minimum absolute atomic E-state index is 0.0649. The van der Waals surface area contributed by atoms with Gasteiger partial charge in [0.1, 0.15) is 6.04 Å². The maximum absolute atomic E-state index is 11.9.